The van der Waals surface area contributed by atoms with Gasteiger partial charge in [-0.25, -0.2) is 14.2 Å². The van der Waals surface area contributed by atoms with Crippen molar-refractivity contribution in [2.75, 3.05) is 18.1 Å². The molecule has 1 N–H and O–H groups in total. The van der Waals surface area contributed by atoms with E-state index in [4.69, 9.17) is 14.2 Å². The molecule has 2 aliphatic rings. The lowest BCUT2D eigenvalue weighted by Gasteiger charge is -2.34. The number of aromatic nitrogens is 1. The Morgan fingerprint density at radius 1 is 1.15 bits per heavy atom. The van der Waals surface area contributed by atoms with Crippen molar-refractivity contribution in [3.05, 3.63) is 46.9 Å². The highest BCUT2D eigenvalue weighted by molar-refractivity contribution is 6.03. The summed E-state index contributed by atoms with van der Waals surface area (Å²) < 4.78 is 73.1. The molecule has 1 atom stereocenters. The van der Waals surface area contributed by atoms with Gasteiger partial charge in [-0.3, -0.25) is 4.79 Å². The average Bonchev–Trinajstić information content (AvgIpc) is 3.42. The number of carbonyl (C=O) groups is 2. The summed E-state index contributed by atoms with van der Waals surface area (Å²) in [6.45, 7) is 6.18. The standard InChI is InChI=1S/C29H34F4N2O6/c1-16(2)35(27(36)19-6-4-17(3)5-7-19)24-12-23(30)25(11-21(24)28(37)38)41-26-22(29(31,32)33)10-18(13-34-26)14-40-20-8-9-39-15-20/h10-13,16-17,19-20H,4-9,14-15H2,1-3H3,(H,37,38). The van der Waals surface area contributed by atoms with E-state index in [2.05, 4.69) is 11.9 Å². The minimum atomic E-state index is -4.90. The summed E-state index contributed by atoms with van der Waals surface area (Å²) in [6.07, 6.45) is -0.419. The van der Waals surface area contributed by atoms with Gasteiger partial charge in [-0.2, -0.15) is 13.2 Å². The van der Waals surface area contributed by atoms with Crippen LogP contribution in [0.3, 0.4) is 0 Å². The van der Waals surface area contributed by atoms with E-state index < -0.39 is 46.8 Å². The second-order valence-electron chi connectivity index (χ2n) is 11.0. The van der Waals surface area contributed by atoms with Crippen LogP contribution in [0.1, 0.15) is 74.4 Å². The molecule has 2 heterocycles. The SMILES string of the molecule is CC1CCC(C(=O)N(c2cc(F)c(Oc3ncc(COC4CCOC4)cc3C(F)(F)F)cc2C(=O)O)C(C)C)CC1. The maximum absolute atomic E-state index is 15.4. The van der Waals surface area contributed by atoms with E-state index in [1.807, 2.05) is 0 Å². The van der Waals surface area contributed by atoms with Crippen molar-refractivity contribution >= 4 is 17.6 Å². The Morgan fingerprint density at radius 3 is 2.44 bits per heavy atom. The van der Waals surface area contributed by atoms with E-state index in [1.54, 1.807) is 13.8 Å². The lowest BCUT2D eigenvalue weighted by atomic mass is 9.82. The summed E-state index contributed by atoms with van der Waals surface area (Å²) in [5.41, 5.74) is -1.81. The van der Waals surface area contributed by atoms with Gasteiger partial charge in [-0.15, -0.1) is 0 Å². The Bertz CT molecular complexity index is 1250. The summed E-state index contributed by atoms with van der Waals surface area (Å²) >= 11 is 0. The number of benzene rings is 1. The summed E-state index contributed by atoms with van der Waals surface area (Å²) in [5.74, 6) is -4.51. The van der Waals surface area contributed by atoms with Gasteiger partial charge < -0.3 is 24.2 Å². The van der Waals surface area contributed by atoms with Gasteiger partial charge in [0.05, 0.1) is 30.6 Å². The number of alkyl halides is 3. The molecular weight excluding hydrogens is 548 g/mol. The quantitative estimate of drug-likeness (QED) is 0.333. The summed E-state index contributed by atoms with van der Waals surface area (Å²) in [4.78, 5) is 30.7. The molecule has 1 unspecified atom stereocenters. The molecule has 4 rings (SSSR count). The van der Waals surface area contributed by atoms with E-state index in [0.717, 1.165) is 37.2 Å². The van der Waals surface area contributed by atoms with Gasteiger partial charge in [-0.1, -0.05) is 6.92 Å². The van der Waals surface area contributed by atoms with E-state index >= 15 is 4.39 Å². The molecule has 8 nitrogen and oxygen atoms in total. The van der Waals surface area contributed by atoms with Crippen LogP contribution in [-0.2, 0) is 27.1 Å². The Kier molecular flexibility index (Phi) is 9.53. The fourth-order valence-electron chi connectivity index (χ4n) is 5.17. The van der Waals surface area contributed by atoms with Crippen LogP contribution in [0.2, 0.25) is 0 Å². The van der Waals surface area contributed by atoms with Crippen molar-refractivity contribution < 1.29 is 46.5 Å². The number of carbonyl (C=O) groups excluding carboxylic acids is 1. The predicted octanol–water partition coefficient (Wildman–Crippen LogP) is 6.60. The third-order valence-corrected chi connectivity index (χ3v) is 7.45. The zero-order chi connectivity index (χ0) is 29.9. The number of carboxylic acid groups (broad SMARTS) is 1. The first kappa shape index (κ1) is 30.7. The molecule has 1 aliphatic carbocycles. The topological polar surface area (TPSA) is 98.2 Å². The average molecular weight is 583 g/mol. The second kappa shape index (κ2) is 12.7. The van der Waals surface area contributed by atoms with Gasteiger partial charge in [0.15, 0.2) is 11.6 Å². The molecule has 0 bridgehead atoms. The third kappa shape index (κ3) is 7.34. The van der Waals surface area contributed by atoms with E-state index in [9.17, 15) is 27.9 Å². The molecule has 1 aromatic carbocycles. The first-order valence-corrected chi connectivity index (χ1v) is 13.7. The number of pyridine rings is 1. The number of nitrogens with zero attached hydrogens (tertiary/aromatic N) is 2. The van der Waals surface area contributed by atoms with Crippen molar-refractivity contribution in [3.8, 4) is 11.6 Å². The molecule has 41 heavy (non-hydrogen) atoms. The summed E-state index contributed by atoms with van der Waals surface area (Å²) in [7, 11) is 0. The molecule has 12 heteroatoms. The molecule has 0 spiro atoms. The molecule has 1 saturated heterocycles. The number of hydrogen-bond donors (Lipinski definition) is 1. The zero-order valence-electron chi connectivity index (χ0n) is 23.2. The normalized spacial score (nSPS) is 21.2. The van der Waals surface area contributed by atoms with Crippen molar-refractivity contribution in [2.45, 2.75) is 77.8 Å². The third-order valence-electron chi connectivity index (χ3n) is 7.45. The number of ether oxygens (including phenoxy) is 3. The second-order valence-corrected chi connectivity index (χ2v) is 11.0. The first-order valence-electron chi connectivity index (χ1n) is 13.7. The number of anilines is 1. The number of halogens is 4. The van der Waals surface area contributed by atoms with Crippen LogP contribution < -0.4 is 9.64 Å². The highest BCUT2D eigenvalue weighted by Gasteiger charge is 2.37. The van der Waals surface area contributed by atoms with Gasteiger partial charge in [0.2, 0.25) is 11.8 Å². The Labute approximate surface area is 235 Å². The smallest absolute Gasteiger partial charge is 0.421 e. The van der Waals surface area contributed by atoms with Gasteiger partial charge in [0, 0.05) is 36.9 Å². The molecule has 1 amide bonds. The van der Waals surface area contributed by atoms with Crippen molar-refractivity contribution in [1.82, 2.24) is 4.98 Å². The molecule has 1 aromatic heterocycles. The number of carboxylic acids is 1. The number of aromatic carboxylic acids is 1. The maximum atomic E-state index is 15.4. The van der Waals surface area contributed by atoms with Crippen molar-refractivity contribution in [3.63, 3.8) is 0 Å². The molecular formula is C29H34F4N2O6. The van der Waals surface area contributed by atoms with Crippen molar-refractivity contribution in [1.29, 1.82) is 0 Å². The highest BCUT2D eigenvalue weighted by atomic mass is 19.4. The lowest BCUT2D eigenvalue weighted by Crippen LogP contribution is -2.43. The van der Waals surface area contributed by atoms with E-state index in [1.165, 1.54) is 4.90 Å². The fourth-order valence-corrected chi connectivity index (χ4v) is 5.17. The molecule has 0 radical (unpaired) electrons. The zero-order valence-corrected chi connectivity index (χ0v) is 23.2. The first-order chi connectivity index (χ1) is 19.3. The minimum absolute atomic E-state index is 0.127. The van der Waals surface area contributed by atoms with Crippen LogP contribution in [0.4, 0.5) is 23.2 Å². The minimum Gasteiger partial charge on any atom is -0.478 e. The molecule has 1 saturated carbocycles. The van der Waals surface area contributed by atoms with Crippen LogP contribution >= 0.6 is 0 Å². The van der Waals surface area contributed by atoms with Crippen LogP contribution in [0.25, 0.3) is 0 Å². The fraction of sp³-hybridized carbons (Fsp3) is 0.552. The van der Waals surface area contributed by atoms with Gasteiger partial charge in [0.1, 0.15) is 5.56 Å². The molecule has 1 aliphatic heterocycles. The van der Waals surface area contributed by atoms with Crippen LogP contribution in [0, 0.1) is 17.7 Å². The van der Waals surface area contributed by atoms with Gasteiger partial charge in [0.25, 0.3) is 0 Å². The number of rotatable bonds is 9. The summed E-state index contributed by atoms with van der Waals surface area (Å²) in [6, 6.07) is 1.90. The maximum Gasteiger partial charge on any atom is 0.421 e. The molecule has 2 aromatic rings. The van der Waals surface area contributed by atoms with E-state index in [-0.39, 0.29) is 35.8 Å². The Morgan fingerprint density at radius 2 is 1.85 bits per heavy atom. The van der Waals surface area contributed by atoms with Crippen molar-refractivity contribution in [2.24, 2.45) is 11.8 Å². The molecule has 224 valence electrons. The number of hydrogen-bond acceptors (Lipinski definition) is 6. The molecule has 2 fully saturated rings. The largest absolute Gasteiger partial charge is 0.478 e. The van der Waals surface area contributed by atoms with Crippen LogP contribution in [-0.4, -0.2) is 47.3 Å². The monoisotopic (exact) mass is 582 g/mol. The lowest BCUT2D eigenvalue weighted by molar-refractivity contribution is -0.139. The van der Waals surface area contributed by atoms with E-state index in [0.29, 0.717) is 38.4 Å². The summed E-state index contributed by atoms with van der Waals surface area (Å²) in [5, 5.41) is 9.94. The highest BCUT2D eigenvalue weighted by Crippen LogP contribution is 2.40. The Balaban J connectivity index is 1.64. The Hall–Kier alpha value is -3.25. The predicted molar refractivity (Wildman–Crippen MR) is 140 cm³/mol. The van der Waals surface area contributed by atoms with Crippen LogP contribution in [0.15, 0.2) is 24.4 Å². The van der Waals surface area contributed by atoms with Crippen LogP contribution in [0.5, 0.6) is 11.6 Å². The van der Waals surface area contributed by atoms with Gasteiger partial charge in [-0.05, 0) is 63.5 Å². The number of amides is 1. The van der Waals surface area contributed by atoms with Gasteiger partial charge >= 0.3 is 12.1 Å².